The van der Waals surface area contributed by atoms with Crippen LogP contribution in [-0.2, 0) is 158 Å². The SMILES string of the molecule is [O]=[V](=[O])[O-].[O]=[V](=[O])[O-].[O]=[V](=[O])[O-].[O]=[V](=[O])[O-].[O]=[V](=[O])[O-].[O]=[V](=[O])[O-].[W]. The monoisotopic (exact) mass is 778 g/mol. The summed E-state index contributed by atoms with van der Waals surface area (Å²) in [6, 6.07) is 0. The van der Waals surface area contributed by atoms with Crippen molar-refractivity contribution in [2.24, 2.45) is 0 Å². The van der Waals surface area contributed by atoms with Crippen LogP contribution in [0.25, 0.3) is 0 Å². The first kappa shape index (κ1) is 45.4. The van der Waals surface area contributed by atoms with E-state index in [2.05, 4.69) is 0 Å². The molecule has 0 heterocycles. The van der Waals surface area contributed by atoms with Gasteiger partial charge in [0.05, 0.1) is 0 Å². The van der Waals surface area contributed by atoms with Crippen LogP contribution in [0.15, 0.2) is 0 Å². The number of rotatable bonds is 0. The fourth-order valence-electron chi connectivity index (χ4n) is 0. The van der Waals surface area contributed by atoms with Crippen LogP contribution < -0.4 is 24.2 Å². The fraction of sp³-hybridized carbons (Fsp3) is 0. The maximum atomic E-state index is 8.56. The Morgan fingerprint density at radius 1 is 0.280 bits per heavy atom. The Bertz CT molecular complexity index is 471. The van der Waals surface area contributed by atoms with Gasteiger partial charge in [0, 0.05) is 21.1 Å². The van der Waals surface area contributed by atoms with Crippen LogP contribution in [0.5, 0.6) is 0 Å². The van der Waals surface area contributed by atoms with Crippen LogP contribution in [0.4, 0.5) is 0 Å². The van der Waals surface area contributed by atoms with Gasteiger partial charge in [-0.3, -0.25) is 0 Å². The molecule has 0 saturated carbocycles. The molecule has 0 aromatic rings. The quantitative estimate of drug-likeness (QED) is 0.220. The van der Waals surface area contributed by atoms with E-state index < -0.39 is 92.4 Å². The van der Waals surface area contributed by atoms with Gasteiger partial charge in [0.15, 0.2) is 0 Å². The average Bonchev–Trinajstić information content (AvgIpc) is 2.08. The number of hydrogen-bond acceptors (Lipinski definition) is 18. The van der Waals surface area contributed by atoms with E-state index in [0.29, 0.717) is 0 Å². The van der Waals surface area contributed by atoms with E-state index in [1.807, 2.05) is 0 Å². The standard InChI is InChI=1S/18O.6V.W/q;;;;;;;;;;;;6*-1;;;;;;;. The van der Waals surface area contributed by atoms with Crippen LogP contribution in [-0.4, -0.2) is 0 Å². The number of hydrogen-bond donors (Lipinski definition) is 0. The minimum atomic E-state index is -3.94. The first-order valence-electron chi connectivity index (χ1n) is 3.29. The molecule has 0 aliphatic carbocycles. The normalized spacial score (nSPS) is 6.00. The van der Waals surface area contributed by atoms with Crippen molar-refractivity contribution in [3.63, 3.8) is 0 Å². The molecular weight excluding hydrogens is 777 g/mol. The molecule has 0 aromatic heterocycles. The Morgan fingerprint density at radius 2 is 0.280 bits per heavy atom. The zero-order chi connectivity index (χ0) is 21.5. The van der Waals surface area contributed by atoms with E-state index in [9.17, 15) is 0 Å². The summed E-state index contributed by atoms with van der Waals surface area (Å²) in [5.74, 6) is 0. The summed E-state index contributed by atoms with van der Waals surface area (Å²) in [4.78, 5) is 0. The summed E-state index contributed by atoms with van der Waals surface area (Å²) in [5.41, 5.74) is 0. The maximum Gasteiger partial charge on any atom is 0 e. The molecule has 0 spiro atoms. The average molecular weight is 777 g/mol. The minimum absolute atomic E-state index is 0. The van der Waals surface area contributed by atoms with Crippen molar-refractivity contribution in [3.05, 3.63) is 0 Å². The topological polar surface area (TPSA) is 343 Å². The second-order valence-electron chi connectivity index (χ2n) is 1.34. The van der Waals surface area contributed by atoms with E-state index in [-0.39, 0.29) is 21.1 Å². The molecule has 150 valence electrons. The van der Waals surface area contributed by atoms with Crippen molar-refractivity contribution in [1.29, 1.82) is 0 Å². The van der Waals surface area contributed by atoms with Crippen LogP contribution in [0.3, 0.4) is 0 Å². The molecule has 0 aromatic carbocycles. The zero-order valence-electron chi connectivity index (χ0n) is 10.4. The predicted octanol–water partition coefficient (Wildman–Crippen LogP) is -8.58. The Balaban J connectivity index is -0.0000000309. The molecule has 25 heavy (non-hydrogen) atoms. The van der Waals surface area contributed by atoms with Gasteiger partial charge in [-0.15, -0.1) is 0 Å². The van der Waals surface area contributed by atoms with Crippen molar-refractivity contribution in [3.8, 4) is 0 Å². The summed E-state index contributed by atoms with van der Waals surface area (Å²) in [6.07, 6.45) is 0. The van der Waals surface area contributed by atoms with Gasteiger partial charge in [0.2, 0.25) is 0 Å². The third kappa shape index (κ3) is 5870. The van der Waals surface area contributed by atoms with Crippen molar-refractivity contribution in [2.45, 2.75) is 0 Å². The largest absolute Gasteiger partial charge is 0 e. The van der Waals surface area contributed by atoms with Crippen LogP contribution in [0, 0.1) is 0 Å². The molecule has 0 radical (unpaired) electrons. The first-order valence-corrected chi connectivity index (χ1v) is 13.5. The fourth-order valence-corrected chi connectivity index (χ4v) is 0. The van der Waals surface area contributed by atoms with E-state index in [1.165, 1.54) is 0 Å². The van der Waals surface area contributed by atoms with Crippen LogP contribution >= 0.6 is 0 Å². The molecule has 18 nitrogen and oxygen atoms in total. The summed E-state index contributed by atoms with van der Waals surface area (Å²) in [5, 5.41) is 0. The van der Waals surface area contributed by atoms with Gasteiger partial charge in [0.1, 0.15) is 0 Å². The molecule has 0 amide bonds. The van der Waals surface area contributed by atoms with Gasteiger partial charge in [-0.2, -0.15) is 0 Å². The molecule has 25 heteroatoms. The summed E-state index contributed by atoms with van der Waals surface area (Å²) >= 11 is -23.6. The molecule has 0 bridgehead atoms. The van der Waals surface area contributed by atoms with Crippen molar-refractivity contribution >= 4 is 0 Å². The molecule has 0 N–H and O–H groups in total. The van der Waals surface area contributed by atoms with Gasteiger partial charge in [-0.05, 0) is 0 Å². The van der Waals surface area contributed by atoms with Gasteiger partial charge in [-0.25, -0.2) is 0 Å². The Labute approximate surface area is 179 Å². The van der Waals surface area contributed by atoms with Crippen molar-refractivity contribution < 1.29 is 182 Å². The van der Waals surface area contributed by atoms with Crippen molar-refractivity contribution in [1.82, 2.24) is 0 Å². The van der Waals surface area contributed by atoms with Crippen LogP contribution in [0.2, 0.25) is 0 Å². The summed E-state index contributed by atoms with van der Waals surface area (Å²) in [7, 11) is 0. The molecule has 0 fully saturated rings. The van der Waals surface area contributed by atoms with E-state index in [1.54, 1.807) is 0 Å². The first-order chi connectivity index (χ1) is 10.4. The van der Waals surface area contributed by atoms with E-state index >= 15 is 0 Å². The second-order valence-corrected chi connectivity index (χ2v) is 5.53. The summed E-state index contributed by atoms with van der Waals surface area (Å²) < 4.78 is 154. The van der Waals surface area contributed by atoms with E-state index in [0.717, 1.165) is 0 Å². The molecule has 0 unspecified atom stereocenters. The molecule has 0 atom stereocenters. The van der Waals surface area contributed by atoms with Gasteiger partial charge >= 0.3 is 161 Å². The summed E-state index contributed by atoms with van der Waals surface area (Å²) in [6.45, 7) is 0. The molecular formula is O18V6W-6. The predicted molar refractivity (Wildman–Crippen MR) is 8.24 cm³/mol. The van der Waals surface area contributed by atoms with Crippen molar-refractivity contribution in [2.75, 3.05) is 0 Å². The Kier molecular flexibility index (Phi) is 73.1. The third-order valence-corrected chi connectivity index (χ3v) is 0. The molecule has 0 aliphatic rings. The maximum absolute atomic E-state index is 8.56. The van der Waals surface area contributed by atoms with E-state index in [4.69, 9.17) is 68.3 Å². The molecule has 0 saturated heterocycles. The Morgan fingerprint density at radius 3 is 0.280 bits per heavy atom. The Hall–Kier alpha value is 1.55. The second kappa shape index (κ2) is 40.3. The molecule has 0 aliphatic heterocycles. The van der Waals surface area contributed by atoms with Gasteiger partial charge in [-0.1, -0.05) is 0 Å². The third-order valence-electron chi connectivity index (χ3n) is 0. The zero-order valence-corrected chi connectivity index (χ0v) is 21.8. The van der Waals surface area contributed by atoms with Gasteiger partial charge < -0.3 is 0 Å². The minimum Gasteiger partial charge on any atom is 0 e. The van der Waals surface area contributed by atoms with Crippen LogP contribution in [0.1, 0.15) is 0 Å². The van der Waals surface area contributed by atoms with Gasteiger partial charge in [0.25, 0.3) is 0 Å². The molecule has 0 rings (SSSR count). The smallest absolute Gasteiger partial charge is 0 e.